The maximum atomic E-state index is 11.0. The highest BCUT2D eigenvalue weighted by Gasteiger charge is 2.20. The van der Waals surface area contributed by atoms with Gasteiger partial charge in [-0.25, -0.2) is 4.79 Å². The summed E-state index contributed by atoms with van der Waals surface area (Å²) in [5, 5.41) is 0. The predicted molar refractivity (Wildman–Crippen MR) is 57.4 cm³/mol. The largest absolute Gasteiger partial charge is 0.508 e. The third-order valence-electron chi connectivity index (χ3n) is 1.98. The minimum Gasteiger partial charge on any atom is -0.463 e. The SMILES string of the molecule is CCOC(=O)O[C@@H]1C=C[C@@H](COC(C)=O)OC1. The standard InChI is InChI=1S/C11H16O6/c1-3-14-11(13)17-10-5-4-9(16-7-10)6-15-8(2)12/h4-5,9-10H,3,6-7H2,1-2H3/t9-,10+/m0/s1. The summed E-state index contributed by atoms with van der Waals surface area (Å²) in [4.78, 5) is 21.6. The molecule has 1 heterocycles. The highest BCUT2D eigenvalue weighted by molar-refractivity contribution is 5.65. The molecule has 0 saturated carbocycles. The van der Waals surface area contributed by atoms with Gasteiger partial charge in [-0.15, -0.1) is 0 Å². The van der Waals surface area contributed by atoms with E-state index >= 15 is 0 Å². The molecule has 1 aliphatic rings. The molecule has 2 atom stereocenters. The number of rotatable bonds is 4. The molecular formula is C11H16O6. The van der Waals surface area contributed by atoms with Crippen molar-refractivity contribution < 1.29 is 28.5 Å². The highest BCUT2D eigenvalue weighted by atomic mass is 16.7. The average Bonchev–Trinajstić information content (AvgIpc) is 2.28. The third-order valence-corrected chi connectivity index (χ3v) is 1.98. The lowest BCUT2D eigenvalue weighted by molar-refractivity contribution is -0.144. The van der Waals surface area contributed by atoms with Crippen LogP contribution in [0.5, 0.6) is 0 Å². The van der Waals surface area contributed by atoms with Crippen LogP contribution < -0.4 is 0 Å². The number of esters is 1. The van der Waals surface area contributed by atoms with Crippen molar-refractivity contribution in [2.24, 2.45) is 0 Å². The lowest BCUT2D eigenvalue weighted by Crippen LogP contribution is -2.31. The maximum Gasteiger partial charge on any atom is 0.508 e. The molecule has 6 heteroatoms. The minimum atomic E-state index is -0.718. The summed E-state index contributed by atoms with van der Waals surface area (Å²) in [6, 6.07) is 0. The zero-order valence-corrected chi connectivity index (χ0v) is 9.88. The summed E-state index contributed by atoms with van der Waals surface area (Å²) in [5.74, 6) is -0.355. The molecular weight excluding hydrogens is 228 g/mol. The fraction of sp³-hybridized carbons (Fsp3) is 0.636. The topological polar surface area (TPSA) is 71.1 Å². The van der Waals surface area contributed by atoms with E-state index in [1.165, 1.54) is 6.92 Å². The number of carbonyl (C=O) groups is 2. The summed E-state index contributed by atoms with van der Waals surface area (Å²) in [6.45, 7) is 3.69. The molecule has 0 aromatic heterocycles. The predicted octanol–water partition coefficient (Wildman–Crippen LogP) is 1.05. The smallest absolute Gasteiger partial charge is 0.463 e. The molecule has 0 aromatic carbocycles. The number of hydrogen-bond acceptors (Lipinski definition) is 6. The lowest BCUT2D eigenvalue weighted by atomic mass is 10.2. The van der Waals surface area contributed by atoms with Gasteiger partial charge >= 0.3 is 12.1 Å². The van der Waals surface area contributed by atoms with Crippen LogP contribution in [0.15, 0.2) is 12.2 Å². The Kier molecular flexibility index (Phi) is 5.48. The van der Waals surface area contributed by atoms with Crippen molar-refractivity contribution >= 4 is 12.1 Å². The molecule has 0 aromatic rings. The van der Waals surface area contributed by atoms with Crippen LogP contribution in [0.1, 0.15) is 13.8 Å². The zero-order chi connectivity index (χ0) is 12.7. The van der Waals surface area contributed by atoms with Gasteiger partial charge in [-0.05, 0) is 13.0 Å². The van der Waals surface area contributed by atoms with E-state index in [-0.39, 0.29) is 31.9 Å². The quantitative estimate of drug-likeness (QED) is 0.543. The lowest BCUT2D eigenvalue weighted by Gasteiger charge is -2.22. The van der Waals surface area contributed by atoms with E-state index in [2.05, 4.69) is 4.74 Å². The van der Waals surface area contributed by atoms with Crippen LogP contribution in [-0.2, 0) is 23.7 Å². The summed E-state index contributed by atoms with van der Waals surface area (Å²) < 4.78 is 19.7. The van der Waals surface area contributed by atoms with Crippen LogP contribution in [-0.4, -0.2) is 44.2 Å². The van der Waals surface area contributed by atoms with Gasteiger partial charge in [-0.3, -0.25) is 4.79 Å². The molecule has 0 aliphatic carbocycles. The number of ether oxygens (including phenoxy) is 4. The Morgan fingerprint density at radius 2 is 2.12 bits per heavy atom. The Balaban J connectivity index is 2.28. The molecule has 0 unspecified atom stereocenters. The van der Waals surface area contributed by atoms with E-state index in [1.807, 2.05) is 0 Å². The first-order chi connectivity index (χ1) is 8.11. The van der Waals surface area contributed by atoms with Crippen LogP contribution in [0.3, 0.4) is 0 Å². The van der Waals surface area contributed by atoms with E-state index < -0.39 is 12.3 Å². The van der Waals surface area contributed by atoms with Gasteiger partial charge in [-0.1, -0.05) is 6.08 Å². The van der Waals surface area contributed by atoms with E-state index in [4.69, 9.17) is 14.2 Å². The first kappa shape index (κ1) is 13.5. The van der Waals surface area contributed by atoms with E-state index in [0.717, 1.165) is 0 Å². The van der Waals surface area contributed by atoms with Crippen LogP contribution >= 0.6 is 0 Å². The van der Waals surface area contributed by atoms with Gasteiger partial charge in [0, 0.05) is 6.92 Å². The first-order valence-electron chi connectivity index (χ1n) is 5.38. The fourth-order valence-electron chi connectivity index (χ4n) is 1.23. The molecule has 0 bridgehead atoms. The Labute approximate surface area is 99.5 Å². The second-order valence-corrected chi connectivity index (χ2v) is 3.40. The molecule has 0 N–H and O–H groups in total. The summed E-state index contributed by atoms with van der Waals surface area (Å²) in [5.41, 5.74) is 0. The van der Waals surface area contributed by atoms with Gasteiger partial charge in [-0.2, -0.15) is 0 Å². The molecule has 17 heavy (non-hydrogen) atoms. The molecule has 0 amide bonds. The monoisotopic (exact) mass is 244 g/mol. The normalized spacial score (nSPS) is 22.9. The van der Waals surface area contributed by atoms with Gasteiger partial charge in [0.2, 0.25) is 0 Å². The van der Waals surface area contributed by atoms with Crippen molar-refractivity contribution in [2.45, 2.75) is 26.1 Å². The molecule has 0 fully saturated rings. The van der Waals surface area contributed by atoms with Crippen molar-refractivity contribution in [3.8, 4) is 0 Å². The fourth-order valence-corrected chi connectivity index (χ4v) is 1.23. The molecule has 0 saturated heterocycles. The Morgan fingerprint density at radius 3 is 2.65 bits per heavy atom. The maximum absolute atomic E-state index is 11.0. The van der Waals surface area contributed by atoms with Crippen LogP contribution in [0.4, 0.5) is 4.79 Å². The average molecular weight is 244 g/mol. The molecule has 0 radical (unpaired) electrons. The Bertz CT molecular complexity index is 298. The van der Waals surface area contributed by atoms with Gasteiger partial charge < -0.3 is 18.9 Å². The number of hydrogen-bond donors (Lipinski definition) is 0. The molecule has 96 valence electrons. The third kappa shape index (κ3) is 5.35. The van der Waals surface area contributed by atoms with Gasteiger partial charge in [0.05, 0.1) is 13.2 Å². The molecule has 1 rings (SSSR count). The van der Waals surface area contributed by atoms with Crippen LogP contribution in [0.2, 0.25) is 0 Å². The van der Waals surface area contributed by atoms with Gasteiger partial charge in [0.1, 0.15) is 18.8 Å². The second-order valence-electron chi connectivity index (χ2n) is 3.40. The van der Waals surface area contributed by atoms with E-state index in [1.54, 1.807) is 19.1 Å². The number of carbonyl (C=O) groups excluding carboxylic acids is 2. The molecule has 6 nitrogen and oxygen atoms in total. The van der Waals surface area contributed by atoms with Gasteiger partial charge in [0.15, 0.2) is 0 Å². The molecule has 1 aliphatic heterocycles. The van der Waals surface area contributed by atoms with Crippen molar-refractivity contribution in [3.63, 3.8) is 0 Å². The van der Waals surface area contributed by atoms with E-state index in [9.17, 15) is 9.59 Å². The van der Waals surface area contributed by atoms with Crippen molar-refractivity contribution in [3.05, 3.63) is 12.2 Å². The minimum absolute atomic E-state index is 0.165. The second kappa shape index (κ2) is 6.90. The summed E-state index contributed by atoms with van der Waals surface area (Å²) >= 11 is 0. The van der Waals surface area contributed by atoms with E-state index in [0.29, 0.717) is 0 Å². The van der Waals surface area contributed by atoms with Crippen molar-refractivity contribution in [1.82, 2.24) is 0 Å². The van der Waals surface area contributed by atoms with Crippen LogP contribution in [0, 0.1) is 0 Å². The zero-order valence-electron chi connectivity index (χ0n) is 9.88. The summed E-state index contributed by atoms with van der Waals surface area (Å²) in [6.07, 6.45) is 1.91. The van der Waals surface area contributed by atoms with Gasteiger partial charge in [0.25, 0.3) is 0 Å². The van der Waals surface area contributed by atoms with Crippen molar-refractivity contribution in [1.29, 1.82) is 0 Å². The highest BCUT2D eigenvalue weighted by Crippen LogP contribution is 2.09. The summed E-state index contributed by atoms with van der Waals surface area (Å²) in [7, 11) is 0. The van der Waals surface area contributed by atoms with Crippen molar-refractivity contribution in [2.75, 3.05) is 19.8 Å². The first-order valence-corrected chi connectivity index (χ1v) is 5.38. The van der Waals surface area contributed by atoms with Crippen LogP contribution in [0.25, 0.3) is 0 Å². The molecule has 0 spiro atoms. The Hall–Kier alpha value is -1.56. The Morgan fingerprint density at radius 1 is 1.35 bits per heavy atom.